The summed E-state index contributed by atoms with van der Waals surface area (Å²) in [7, 11) is 1.56. The van der Waals surface area contributed by atoms with Gasteiger partial charge < -0.3 is 15.6 Å². The van der Waals surface area contributed by atoms with Crippen LogP contribution in [0, 0.1) is 0 Å². The van der Waals surface area contributed by atoms with Crippen molar-refractivity contribution in [2.75, 3.05) is 7.11 Å². The number of rotatable bonds is 2. The Morgan fingerprint density at radius 2 is 2.20 bits per heavy atom. The molecule has 1 aliphatic rings. The molecular formula is C11H14ClNO2. The van der Waals surface area contributed by atoms with E-state index < -0.39 is 5.60 Å². The predicted molar refractivity (Wildman–Crippen MR) is 59.1 cm³/mol. The van der Waals surface area contributed by atoms with Crippen molar-refractivity contribution >= 4 is 11.6 Å². The first-order chi connectivity index (χ1) is 7.05. The molecule has 0 bridgehead atoms. The summed E-state index contributed by atoms with van der Waals surface area (Å²) >= 11 is 5.90. The van der Waals surface area contributed by atoms with Gasteiger partial charge in [-0.3, -0.25) is 0 Å². The Kier molecular flexibility index (Phi) is 2.63. The molecule has 0 heterocycles. The largest absolute Gasteiger partial charge is 0.495 e. The van der Waals surface area contributed by atoms with Crippen molar-refractivity contribution in [1.29, 1.82) is 0 Å². The van der Waals surface area contributed by atoms with Crippen LogP contribution in [0.4, 0.5) is 0 Å². The molecule has 1 saturated carbocycles. The van der Waals surface area contributed by atoms with Crippen LogP contribution in [-0.4, -0.2) is 18.3 Å². The van der Waals surface area contributed by atoms with Crippen LogP contribution >= 0.6 is 11.6 Å². The van der Waals surface area contributed by atoms with Crippen molar-refractivity contribution in [3.63, 3.8) is 0 Å². The molecule has 3 N–H and O–H groups in total. The number of ether oxygens (including phenoxy) is 1. The number of hydrogen-bond donors (Lipinski definition) is 2. The SMILES string of the molecule is COc1cc(C2(O)CC(N)C2)ccc1Cl. The number of benzene rings is 1. The van der Waals surface area contributed by atoms with E-state index in [2.05, 4.69) is 0 Å². The van der Waals surface area contributed by atoms with Gasteiger partial charge in [-0.1, -0.05) is 17.7 Å². The molecule has 0 amide bonds. The summed E-state index contributed by atoms with van der Waals surface area (Å²) in [5.74, 6) is 0.586. The Morgan fingerprint density at radius 1 is 1.53 bits per heavy atom. The first-order valence-corrected chi connectivity index (χ1v) is 5.25. The van der Waals surface area contributed by atoms with Gasteiger partial charge in [0, 0.05) is 6.04 Å². The average molecular weight is 228 g/mol. The highest BCUT2D eigenvalue weighted by molar-refractivity contribution is 6.32. The minimum atomic E-state index is -0.794. The van der Waals surface area contributed by atoms with E-state index in [9.17, 15) is 5.11 Å². The second-order valence-corrected chi connectivity index (χ2v) is 4.46. The van der Waals surface area contributed by atoms with E-state index in [4.69, 9.17) is 22.1 Å². The summed E-state index contributed by atoms with van der Waals surface area (Å²) in [6.45, 7) is 0. The molecule has 15 heavy (non-hydrogen) atoms. The molecule has 0 atom stereocenters. The molecule has 0 spiro atoms. The highest BCUT2D eigenvalue weighted by atomic mass is 35.5. The number of halogens is 1. The highest BCUT2D eigenvalue weighted by Crippen LogP contribution is 2.42. The van der Waals surface area contributed by atoms with E-state index in [1.54, 1.807) is 19.2 Å². The van der Waals surface area contributed by atoms with Crippen LogP contribution in [0.3, 0.4) is 0 Å². The highest BCUT2D eigenvalue weighted by Gasteiger charge is 2.42. The van der Waals surface area contributed by atoms with Gasteiger partial charge in [-0.25, -0.2) is 0 Å². The van der Waals surface area contributed by atoms with Crippen molar-refractivity contribution in [3.05, 3.63) is 28.8 Å². The zero-order valence-corrected chi connectivity index (χ0v) is 9.29. The van der Waals surface area contributed by atoms with Crippen molar-refractivity contribution in [2.45, 2.75) is 24.5 Å². The fourth-order valence-corrected chi connectivity index (χ4v) is 2.19. The first kappa shape index (κ1) is 10.7. The molecule has 0 aromatic heterocycles. The third kappa shape index (κ3) is 1.83. The quantitative estimate of drug-likeness (QED) is 0.808. The zero-order chi connectivity index (χ0) is 11.1. The van der Waals surface area contributed by atoms with E-state index in [1.807, 2.05) is 6.07 Å². The van der Waals surface area contributed by atoms with Gasteiger partial charge in [-0.15, -0.1) is 0 Å². The van der Waals surface area contributed by atoms with Gasteiger partial charge in [-0.2, -0.15) is 0 Å². The number of methoxy groups -OCH3 is 1. The van der Waals surface area contributed by atoms with Gasteiger partial charge in [0.1, 0.15) is 5.75 Å². The lowest BCUT2D eigenvalue weighted by Gasteiger charge is -2.42. The molecule has 0 saturated heterocycles. The van der Waals surface area contributed by atoms with Crippen LogP contribution in [0.1, 0.15) is 18.4 Å². The van der Waals surface area contributed by atoms with Crippen LogP contribution in [0.25, 0.3) is 0 Å². The second kappa shape index (κ2) is 3.67. The Morgan fingerprint density at radius 3 is 2.73 bits per heavy atom. The first-order valence-electron chi connectivity index (χ1n) is 4.87. The van der Waals surface area contributed by atoms with Crippen molar-refractivity contribution < 1.29 is 9.84 Å². The molecule has 0 radical (unpaired) electrons. The van der Waals surface area contributed by atoms with Crippen molar-refractivity contribution in [1.82, 2.24) is 0 Å². The number of hydrogen-bond acceptors (Lipinski definition) is 3. The molecule has 0 aliphatic heterocycles. The molecule has 1 aromatic carbocycles. The minimum absolute atomic E-state index is 0.0941. The van der Waals surface area contributed by atoms with Gasteiger partial charge in [0.15, 0.2) is 0 Å². The third-order valence-corrected chi connectivity index (χ3v) is 3.20. The van der Waals surface area contributed by atoms with Gasteiger partial charge in [-0.05, 0) is 30.5 Å². The molecular weight excluding hydrogens is 214 g/mol. The van der Waals surface area contributed by atoms with Crippen LogP contribution in [-0.2, 0) is 5.60 Å². The van der Waals surface area contributed by atoms with Crippen molar-refractivity contribution in [3.8, 4) is 5.75 Å². The lowest BCUT2D eigenvalue weighted by molar-refractivity contribution is -0.0524. The lowest BCUT2D eigenvalue weighted by Crippen LogP contribution is -2.49. The summed E-state index contributed by atoms with van der Waals surface area (Å²) in [5, 5.41) is 10.7. The number of aliphatic hydroxyl groups is 1. The zero-order valence-electron chi connectivity index (χ0n) is 8.53. The van der Waals surface area contributed by atoms with Crippen LogP contribution < -0.4 is 10.5 Å². The minimum Gasteiger partial charge on any atom is -0.495 e. The fourth-order valence-electron chi connectivity index (χ4n) is 1.99. The predicted octanol–water partition coefficient (Wildman–Crippen LogP) is 1.66. The third-order valence-electron chi connectivity index (χ3n) is 2.89. The summed E-state index contributed by atoms with van der Waals surface area (Å²) in [6, 6.07) is 5.42. The van der Waals surface area contributed by atoms with E-state index in [0.717, 1.165) is 5.56 Å². The maximum absolute atomic E-state index is 10.2. The molecule has 3 nitrogen and oxygen atoms in total. The normalized spacial score (nSPS) is 29.7. The maximum atomic E-state index is 10.2. The van der Waals surface area contributed by atoms with E-state index >= 15 is 0 Å². The van der Waals surface area contributed by atoms with Gasteiger partial charge in [0.25, 0.3) is 0 Å². The summed E-state index contributed by atoms with van der Waals surface area (Å²) < 4.78 is 5.10. The molecule has 4 heteroatoms. The van der Waals surface area contributed by atoms with Crippen LogP contribution in [0.2, 0.25) is 5.02 Å². The fraction of sp³-hybridized carbons (Fsp3) is 0.455. The van der Waals surface area contributed by atoms with Gasteiger partial charge >= 0.3 is 0 Å². The molecule has 2 rings (SSSR count). The smallest absolute Gasteiger partial charge is 0.137 e. The van der Waals surface area contributed by atoms with Crippen molar-refractivity contribution in [2.24, 2.45) is 5.73 Å². The Balaban J connectivity index is 2.30. The van der Waals surface area contributed by atoms with Gasteiger partial charge in [0.05, 0.1) is 17.7 Å². The van der Waals surface area contributed by atoms with Gasteiger partial charge in [0.2, 0.25) is 0 Å². The second-order valence-electron chi connectivity index (χ2n) is 4.05. The van der Waals surface area contributed by atoms with E-state index in [0.29, 0.717) is 23.6 Å². The van der Waals surface area contributed by atoms with E-state index in [-0.39, 0.29) is 6.04 Å². The average Bonchev–Trinajstić information content (AvgIpc) is 2.16. The lowest BCUT2D eigenvalue weighted by atomic mass is 9.72. The maximum Gasteiger partial charge on any atom is 0.137 e. The summed E-state index contributed by atoms with van der Waals surface area (Å²) in [5.41, 5.74) is 5.70. The standard InChI is InChI=1S/C11H14ClNO2/c1-15-10-4-7(2-3-9(10)12)11(14)5-8(13)6-11/h2-4,8,14H,5-6,13H2,1H3. The molecule has 0 unspecified atom stereocenters. The molecule has 82 valence electrons. The van der Waals surface area contributed by atoms with Crippen LogP contribution in [0.5, 0.6) is 5.75 Å². The Bertz CT molecular complexity index is 375. The summed E-state index contributed by atoms with van der Waals surface area (Å²) in [4.78, 5) is 0. The monoisotopic (exact) mass is 227 g/mol. The molecule has 1 aromatic rings. The Labute approximate surface area is 93.8 Å². The van der Waals surface area contributed by atoms with Crippen LogP contribution in [0.15, 0.2) is 18.2 Å². The van der Waals surface area contributed by atoms with E-state index in [1.165, 1.54) is 0 Å². The number of nitrogens with two attached hydrogens (primary N) is 1. The molecule has 1 aliphatic carbocycles. The topological polar surface area (TPSA) is 55.5 Å². The summed E-state index contributed by atoms with van der Waals surface area (Å²) in [6.07, 6.45) is 1.19. The molecule has 1 fully saturated rings. The Hall–Kier alpha value is -0.770.